The van der Waals surface area contributed by atoms with Crippen molar-refractivity contribution in [1.29, 1.82) is 0 Å². The van der Waals surface area contributed by atoms with Crippen LogP contribution in [0.2, 0.25) is 0 Å². The average Bonchev–Trinajstić information content (AvgIpc) is 2.78. The Labute approximate surface area is 180 Å². The lowest BCUT2D eigenvalue weighted by molar-refractivity contribution is 0.171. The predicted octanol–water partition coefficient (Wildman–Crippen LogP) is 3.20. The Hall–Kier alpha value is -3.26. The molecule has 0 amide bonds. The Bertz CT molecular complexity index is 1140. The molecule has 2 heterocycles. The van der Waals surface area contributed by atoms with E-state index in [0.29, 0.717) is 53.9 Å². The molecule has 0 saturated carbocycles. The number of rotatable bonds is 7. The van der Waals surface area contributed by atoms with Crippen molar-refractivity contribution in [2.24, 2.45) is 5.92 Å². The fourth-order valence-corrected chi connectivity index (χ4v) is 3.80. The number of aromatic amines is 1. The molecule has 0 fully saturated rings. The molecule has 0 aliphatic carbocycles. The molecular weight excluding hydrogens is 398 g/mol. The molecule has 0 bridgehead atoms. The Morgan fingerprint density at radius 3 is 2.48 bits per heavy atom. The number of hydrogen-bond donors (Lipinski definition) is 2. The molecule has 8 nitrogen and oxygen atoms in total. The molecule has 1 atom stereocenters. The second kappa shape index (κ2) is 8.85. The Morgan fingerprint density at radius 2 is 1.77 bits per heavy atom. The highest BCUT2D eigenvalue weighted by Gasteiger charge is 2.20. The van der Waals surface area contributed by atoms with E-state index < -0.39 is 0 Å². The van der Waals surface area contributed by atoms with Crippen molar-refractivity contribution in [2.45, 2.75) is 26.4 Å². The van der Waals surface area contributed by atoms with Gasteiger partial charge >= 0.3 is 0 Å². The second-order valence-electron chi connectivity index (χ2n) is 7.74. The van der Waals surface area contributed by atoms with Crippen LogP contribution in [-0.4, -0.2) is 37.4 Å². The van der Waals surface area contributed by atoms with Crippen molar-refractivity contribution in [2.75, 3.05) is 27.4 Å². The van der Waals surface area contributed by atoms with E-state index in [0.717, 1.165) is 17.1 Å². The first-order valence-corrected chi connectivity index (χ1v) is 10.3. The number of nitrogens with one attached hydrogen (secondary N) is 2. The molecule has 0 spiro atoms. The van der Waals surface area contributed by atoms with Crippen LogP contribution in [0.1, 0.15) is 31.3 Å². The minimum Gasteiger partial charge on any atom is -0.493 e. The lowest BCUT2D eigenvalue weighted by Gasteiger charge is -2.25. The summed E-state index contributed by atoms with van der Waals surface area (Å²) >= 11 is 0. The van der Waals surface area contributed by atoms with Gasteiger partial charge in [-0.2, -0.15) is 0 Å². The molecule has 0 radical (unpaired) electrons. The minimum absolute atomic E-state index is 0.0437. The molecule has 31 heavy (non-hydrogen) atoms. The maximum atomic E-state index is 12.6. The van der Waals surface area contributed by atoms with Crippen molar-refractivity contribution < 1.29 is 18.9 Å². The van der Waals surface area contributed by atoms with Gasteiger partial charge in [0, 0.05) is 12.1 Å². The molecular formula is C23H27N3O5. The maximum absolute atomic E-state index is 12.6. The Balaban J connectivity index is 1.59. The van der Waals surface area contributed by atoms with Crippen molar-refractivity contribution in [3.05, 3.63) is 52.1 Å². The zero-order valence-corrected chi connectivity index (χ0v) is 18.2. The highest BCUT2D eigenvalue weighted by Crippen LogP contribution is 2.34. The van der Waals surface area contributed by atoms with E-state index in [4.69, 9.17) is 18.9 Å². The molecule has 8 heteroatoms. The minimum atomic E-state index is -0.219. The van der Waals surface area contributed by atoms with Gasteiger partial charge in [0.15, 0.2) is 23.0 Å². The first-order valence-electron chi connectivity index (χ1n) is 10.3. The van der Waals surface area contributed by atoms with E-state index in [1.165, 1.54) is 7.11 Å². The van der Waals surface area contributed by atoms with Crippen molar-refractivity contribution in [1.82, 2.24) is 15.3 Å². The van der Waals surface area contributed by atoms with E-state index in [-0.39, 0.29) is 11.6 Å². The van der Waals surface area contributed by atoms with Gasteiger partial charge in [0.2, 0.25) is 0 Å². The third-order valence-corrected chi connectivity index (χ3v) is 5.34. The molecule has 164 valence electrons. The summed E-state index contributed by atoms with van der Waals surface area (Å²) in [5.74, 6) is 3.40. The van der Waals surface area contributed by atoms with Gasteiger partial charge in [-0.25, -0.2) is 4.98 Å². The lowest BCUT2D eigenvalue weighted by Crippen LogP contribution is -2.27. The summed E-state index contributed by atoms with van der Waals surface area (Å²) in [5.41, 5.74) is 1.43. The first kappa shape index (κ1) is 21.0. The third kappa shape index (κ3) is 4.29. The van der Waals surface area contributed by atoms with Crippen LogP contribution in [0.15, 0.2) is 35.1 Å². The Morgan fingerprint density at radius 1 is 1.06 bits per heavy atom. The molecule has 2 N–H and O–H groups in total. The summed E-state index contributed by atoms with van der Waals surface area (Å²) in [6.45, 7) is 5.80. The number of hydrogen-bond acceptors (Lipinski definition) is 7. The van der Waals surface area contributed by atoms with Gasteiger partial charge in [-0.1, -0.05) is 19.9 Å². The first-order chi connectivity index (χ1) is 15.0. The summed E-state index contributed by atoms with van der Waals surface area (Å²) in [7, 11) is 3.09. The second-order valence-corrected chi connectivity index (χ2v) is 7.74. The highest BCUT2D eigenvalue weighted by atomic mass is 16.6. The molecule has 0 unspecified atom stereocenters. The SMILES string of the molecule is COc1cc2nc(CN[C@H](c3ccc4c(c3)OCCO4)C(C)C)[nH]c(=O)c2cc1OC. The van der Waals surface area contributed by atoms with Crippen LogP contribution < -0.4 is 29.8 Å². The summed E-state index contributed by atoms with van der Waals surface area (Å²) in [4.78, 5) is 20.1. The standard InChI is InChI=1S/C23H27N3O5/c1-13(2)22(14-5-6-17-20(9-14)31-8-7-30-17)24-12-21-25-16-11-19(29-4)18(28-3)10-15(16)23(27)26-21/h5-6,9-11,13,22,24H,7-8,12H2,1-4H3,(H,25,26,27)/t22-/m0/s1. The number of fused-ring (bicyclic) bond motifs is 2. The van der Waals surface area contributed by atoms with Gasteiger partial charge in [0.1, 0.15) is 19.0 Å². The normalized spacial score (nSPS) is 14.0. The molecule has 1 aliphatic heterocycles. The van der Waals surface area contributed by atoms with E-state index in [1.54, 1.807) is 19.2 Å². The van der Waals surface area contributed by atoms with Crippen molar-refractivity contribution in [3.63, 3.8) is 0 Å². The van der Waals surface area contributed by atoms with Crippen LogP contribution in [0.5, 0.6) is 23.0 Å². The number of nitrogens with zero attached hydrogens (tertiary/aromatic N) is 1. The van der Waals surface area contributed by atoms with Gasteiger partial charge in [0.05, 0.1) is 31.7 Å². The number of H-pyrrole nitrogens is 1. The van der Waals surface area contributed by atoms with Gasteiger partial charge in [-0.3, -0.25) is 4.79 Å². The summed E-state index contributed by atoms with van der Waals surface area (Å²) < 4.78 is 22.0. The lowest BCUT2D eigenvalue weighted by atomic mass is 9.95. The van der Waals surface area contributed by atoms with Gasteiger partial charge < -0.3 is 29.2 Å². The molecule has 1 aliphatic rings. The summed E-state index contributed by atoms with van der Waals surface area (Å²) in [6.07, 6.45) is 0. The van der Waals surface area contributed by atoms with Gasteiger partial charge in [0.25, 0.3) is 5.56 Å². The highest BCUT2D eigenvalue weighted by molar-refractivity contribution is 5.81. The molecule has 3 aromatic rings. The fraction of sp³-hybridized carbons (Fsp3) is 0.391. The predicted molar refractivity (Wildman–Crippen MR) is 117 cm³/mol. The van der Waals surface area contributed by atoms with Crippen LogP contribution in [0, 0.1) is 5.92 Å². The summed E-state index contributed by atoms with van der Waals surface area (Å²) in [6, 6.07) is 9.40. The average molecular weight is 425 g/mol. The van der Waals surface area contributed by atoms with Crippen LogP contribution in [-0.2, 0) is 6.54 Å². The summed E-state index contributed by atoms with van der Waals surface area (Å²) in [5, 5.41) is 3.97. The Kier molecular flexibility index (Phi) is 5.99. The van der Waals surface area contributed by atoms with Gasteiger partial charge in [-0.05, 0) is 29.7 Å². The third-order valence-electron chi connectivity index (χ3n) is 5.34. The van der Waals surface area contributed by atoms with Gasteiger partial charge in [-0.15, -0.1) is 0 Å². The van der Waals surface area contributed by atoms with E-state index in [9.17, 15) is 4.79 Å². The molecule has 2 aromatic carbocycles. The van der Waals surface area contributed by atoms with Crippen molar-refractivity contribution in [3.8, 4) is 23.0 Å². The van der Waals surface area contributed by atoms with Crippen molar-refractivity contribution >= 4 is 10.9 Å². The number of aromatic nitrogens is 2. The number of methoxy groups -OCH3 is 2. The van der Waals surface area contributed by atoms with Crippen LogP contribution >= 0.6 is 0 Å². The number of benzene rings is 2. The van der Waals surface area contributed by atoms with E-state index in [2.05, 4.69) is 29.1 Å². The smallest absolute Gasteiger partial charge is 0.258 e. The maximum Gasteiger partial charge on any atom is 0.258 e. The van der Waals surface area contributed by atoms with E-state index >= 15 is 0 Å². The van der Waals surface area contributed by atoms with Crippen LogP contribution in [0.4, 0.5) is 0 Å². The van der Waals surface area contributed by atoms with Crippen LogP contribution in [0.25, 0.3) is 10.9 Å². The quantitative estimate of drug-likeness (QED) is 0.600. The molecule has 0 saturated heterocycles. The zero-order valence-electron chi connectivity index (χ0n) is 18.2. The zero-order chi connectivity index (χ0) is 22.0. The van der Waals surface area contributed by atoms with Crippen LogP contribution in [0.3, 0.4) is 0 Å². The molecule has 4 rings (SSSR count). The topological polar surface area (TPSA) is 94.7 Å². The van der Waals surface area contributed by atoms with E-state index in [1.807, 2.05) is 18.2 Å². The monoisotopic (exact) mass is 425 g/mol. The fourth-order valence-electron chi connectivity index (χ4n) is 3.80. The molecule has 1 aromatic heterocycles. The number of ether oxygens (including phenoxy) is 4. The largest absolute Gasteiger partial charge is 0.493 e.